The first-order valence-corrected chi connectivity index (χ1v) is 8.51. The average molecular weight is 345 g/mol. The third-order valence-electron chi connectivity index (χ3n) is 4.29. The summed E-state index contributed by atoms with van der Waals surface area (Å²) in [7, 11) is 0. The summed E-state index contributed by atoms with van der Waals surface area (Å²) in [5.41, 5.74) is 4.68. The van der Waals surface area contributed by atoms with Gasteiger partial charge in [-0.3, -0.25) is 4.98 Å². The molecule has 3 aromatic rings. The van der Waals surface area contributed by atoms with Gasteiger partial charge >= 0.3 is 0 Å². The minimum absolute atomic E-state index is 0.0656. The molecule has 0 saturated heterocycles. The van der Waals surface area contributed by atoms with Gasteiger partial charge < -0.3 is 5.11 Å². The van der Waals surface area contributed by atoms with E-state index in [1.165, 1.54) is 12.1 Å². The SMILES string of the molecule is C#CC(O)c1c(-c2ccc(F)cc2)cc(-c2ccccc2)nc1C(C)C. The number of rotatable bonds is 4. The van der Waals surface area contributed by atoms with Crippen LogP contribution in [-0.4, -0.2) is 10.1 Å². The molecule has 0 amide bonds. The van der Waals surface area contributed by atoms with Crippen molar-refractivity contribution < 1.29 is 9.50 Å². The molecule has 1 N–H and O–H groups in total. The summed E-state index contributed by atoms with van der Waals surface area (Å²) in [6.45, 7) is 4.02. The lowest BCUT2D eigenvalue weighted by molar-refractivity contribution is 0.237. The van der Waals surface area contributed by atoms with Gasteiger partial charge in [0.15, 0.2) is 0 Å². The second-order valence-electron chi connectivity index (χ2n) is 6.45. The van der Waals surface area contributed by atoms with E-state index in [1.807, 2.05) is 50.2 Å². The molecular weight excluding hydrogens is 325 g/mol. The molecular formula is C23H20FNO. The van der Waals surface area contributed by atoms with Crippen molar-refractivity contribution in [2.45, 2.75) is 25.9 Å². The van der Waals surface area contributed by atoms with Crippen molar-refractivity contribution in [3.8, 4) is 34.7 Å². The maximum Gasteiger partial charge on any atom is 0.142 e. The number of nitrogens with zero attached hydrogens (tertiary/aromatic N) is 1. The van der Waals surface area contributed by atoms with Gasteiger partial charge in [-0.05, 0) is 35.2 Å². The Hall–Kier alpha value is -2.96. The Bertz CT molecular complexity index is 940. The molecule has 3 rings (SSSR count). The molecule has 26 heavy (non-hydrogen) atoms. The molecule has 0 fully saturated rings. The van der Waals surface area contributed by atoms with Crippen molar-refractivity contribution >= 4 is 0 Å². The van der Waals surface area contributed by atoms with Gasteiger partial charge in [-0.25, -0.2) is 4.39 Å². The Labute approximate surface area is 153 Å². The maximum absolute atomic E-state index is 13.4. The van der Waals surface area contributed by atoms with E-state index in [1.54, 1.807) is 12.1 Å². The van der Waals surface area contributed by atoms with Crippen LogP contribution in [-0.2, 0) is 0 Å². The third kappa shape index (κ3) is 3.51. The molecule has 0 aliphatic rings. The van der Waals surface area contributed by atoms with Crippen molar-refractivity contribution in [2.24, 2.45) is 0 Å². The summed E-state index contributed by atoms with van der Waals surface area (Å²) in [4.78, 5) is 4.79. The fraction of sp³-hybridized carbons (Fsp3) is 0.174. The van der Waals surface area contributed by atoms with Crippen LogP contribution in [0.4, 0.5) is 4.39 Å². The number of hydrogen-bond donors (Lipinski definition) is 1. The fourth-order valence-corrected chi connectivity index (χ4v) is 3.01. The highest BCUT2D eigenvalue weighted by molar-refractivity contribution is 5.75. The highest BCUT2D eigenvalue weighted by atomic mass is 19.1. The van der Waals surface area contributed by atoms with Crippen LogP contribution in [0.2, 0.25) is 0 Å². The predicted molar refractivity (Wildman–Crippen MR) is 103 cm³/mol. The summed E-state index contributed by atoms with van der Waals surface area (Å²) in [6, 6.07) is 17.9. The van der Waals surface area contributed by atoms with Gasteiger partial charge in [-0.15, -0.1) is 6.42 Å². The minimum atomic E-state index is -1.08. The Kier molecular flexibility index (Phi) is 5.16. The molecule has 0 bridgehead atoms. The first-order chi connectivity index (χ1) is 12.5. The zero-order valence-corrected chi connectivity index (χ0v) is 14.8. The number of aromatic nitrogens is 1. The maximum atomic E-state index is 13.4. The highest BCUT2D eigenvalue weighted by Gasteiger charge is 2.21. The van der Waals surface area contributed by atoms with Crippen molar-refractivity contribution in [1.82, 2.24) is 4.98 Å². The van der Waals surface area contributed by atoms with Crippen LogP contribution >= 0.6 is 0 Å². The molecule has 2 aromatic carbocycles. The minimum Gasteiger partial charge on any atom is -0.376 e. The van der Waals surface area contributed by atoms with Gasteiger partial charge in [-0.1, -0.05) is 62.2 Å². The summed E-state index contributed by atoms with van der Waals surface area (Å²) in [6.07, 6.45) is 4.43. The van der Waals surface area contributed by atoms with E-state index in [9.17, 15) is 9.50 Å². The summed E-state index contributed by atoms with van der Waals surface area (Å²) in [5, 5.41) is 10.5. The molecule has 0 aliphatic heterocycles. The molecule has 0 radical (unpaired) electrons. The number of halogens is 1. The normalized spacial score (nSPS) is 12.0. The van der Waals surface area contributed by atoms with E-state index in [4.69, 9.17) is 11.4 Å². The van der Waals surface area contributed by atoms with Crippen molar-refractivity contribution in [2.75, 3.05) is 0 Å². The number of aliphatic hydroxyl groups is 1. The standard InChI is InChI=1S/C23H20FNO/c1-4-21(26)22-19(16-10-12-18(24)13-11-16)14-20(25-23(22)15(2)3)17-8-6-5-7-9-17/h1,5-15,21,26H,2-3H3. The third-order valence-corrected chi connectivity index (χ3v) is 4.29. The van der Waals surface area contributed by atoms with E-state index in [0.29, 0.717) is 5.56 Å². The average Bonchev–Trinajstić information content (AvgIpc) is 2.67. The summed E-state index contributed by atoms with van der Waals surface area (Å²) in [5.74, 6) is 2.15. The van der Waals surface area contributed by atoms with Crippen LogP contribution in [0.3, 0.4) is 0 Å². The first kappa shape index (κ1) is 17.8. The smallest absolute Gasteiger partial charge is 0.142 e. The zero-order chi connectivity index (χ0) is 18.7. The number of terminal acetylenes is 1. The highest BCUT2D eigenvalue weighted by Crippen LogP contribution is 2.36. The molecule has 2 nitrogen and oxygen atoms in total. The van der Waals surface area contributed by atoms with Crippen LogP contribution in [0.15, 0.2) is 60.7 Å². The topological polar surface area (TPSA) is 33.1 Å². The Morgan fingerprint density at radius 3 is 2.23 bits per heavy atom. The van der Waals surface area contributed by atoms with Crippen LogP contribution in [0, 0.1) is 18.2 Å². The molecule has 1 atom stereocenters. The fourth-order valence-electron chi connectivity index (χ4n) is 3.01. The number of aliphatic hydroxyl groups excluding tert-OH is 1. The molecule has 1 heterocycles. The number of pyridine rings is 1. The van der Waals surface area contributed by atoms with Crippen molar-refractivity contribution in [3.05, 3.63) is 77.7 Å². The predicted octanol–water partition coefficient (Wildman–Crippen LogP) is 5.34. The number of benzene rings is 2. The molecule has 0 saturated carbocycles. The molecule has 0 spiro atoms. The van der Waals surface area contributed by atoms with Gasteiger partial charge in [0.1, 0.15) is 11.9 Å². The molecule has 0 aliphatic carbocycles. The monoisotopic (exact) mass is 345 g/mol. The quantitative estimate of drug-likeness (QED) is 0.647. The van der Waals surface area contributed by atoms with Gasteiger partial charge in [-0.2, -0.15) is 0 Å². The lowest BCUT2D eigenvalue weighted by Gasteiger charge is -2.20. The summed E-state index contributed by atoms with van der Waals surface area (Å²) >= 11 is 0. The van der Waals surface area contributed by atoms with Crippen molar-refractivity contribution in [3.63, 3.8) is 0 Å². The van der Waals surface area contributed by atoms with E-state index in [0.717, 1.165) is 28.1 Å². The second-order valence-corrected chi connectivity index (χ2v) is 6.45. The lowest BCUT2D eigenvalue weighted by atomic mass is 9.90. The van der Waals surface area contributed by atoms with Crippen LogP contribution < -0.4 is 0 Å². The second kappa shape index (κ2) is 7.51. The zero-order valence-electron chi connectivity index (χ0n) is 14.8. The first-order valence-electron chi connectivity index (χ1n) is 8.51. The summed E-state index contributed by atoms with van der Waals surface area (Å²) < 4.78 is 13.4. The van der Waals surface area contributed by atoms with E-state index in [-0.39, 0.29) is 11.7 Å². The van der Waals surface area contributed by atoms with Gasteiger partial charge in [0.2, 0.25) is 0 Å². The van der Waals surface area contributed by atoms with E-state index in [2.05, 4.69) is 5.92 Å². The Balaban J connectivity index is 2.32. The van der Waals surface area contributed by atoms with Crippen molar-refractivity contribution in [1.29, 1.82) is 0 Å². The van der Waals surface area contributed by atoms with Crippen LogP contribution in [0.1, 0.15) is 37.1 Å². The molecule has 130 valence electrons. The van der Waals surface area contributed by atoms with E-state index < -0.39 is 6.10 Å². The molecule has 1 aromatic heterocycles. The van der Waals surface area contributed by atoms with E-state index >= 15 is 0 Å². The largest absolute Gasteiger partial charge is 0.376 e. The van der Waals surface area contributed by atoms with Crippen LogP contribution in [0.5, 0.6) is 0 Å². The molecule has 3 heteroatoms. The number of hydrogen-bond acceptors (Lipinski definition) is 2. The Morgan fingerprint density at radius 1 is 1.00 bits per heavy atom. The van der Waals surface area contributed by atoms with Crippen LogP contribution in [0.25, 0.3) is 22.4 Å². The Morgan fingerprint density at radius 2 is 1.65 bits per heavy atom. The van der Waals surface area contributed by atoms with Gasteiger partial charge in [0.25, 0.3) is 0 Å². The van der Waals surface area contributed by atoms with Gasteiger partial charge in [0.05, 0.1) is 11.4 Å². The lowest BCUT2D eigenvalue weighted by Crippen LogP contribution is -2.08. The van der Waals surface area contributed by atoms with Gasteiger partial charge in [0, 0.05) is 11.1 Å². The molecule has 1 unspecified atom stereocenters.